The maximum atomic E-state index is 13.5. The monoisotopic (exact) mass is 264 g/mol. The van der Waals surface area contributed by atoms with Gasteiger partial charge < -0.3 is 10.2 Å². The summed E-state index contributed by atoms with van der Waals surface area (Å²) in [4.78, 5) is 14.1. The van der Waals surface area contributed by atoms with Gasteiger partial charge in [-0.25, -0.2) is 4.39 Å². The van der Waals surface area contributed by atoms with E-state index in [9.17, 15) is 9.18 Å². The van der Waals surface area contributed by atoms with Gasteiger partial charge in [-0.1, -0.05) is 6.07 Å². The Labute approximate surface area is 113 Å². The summed E-state index contributed by atoms with van der Waals surface area (Å²) in [6, 6.07) is 4.72. The van der Waals surface area contributed by atoms with Gasteiger partial charge in [0.05, 0.1) is 0 Å². The van der Waals surface area contributed by atoms with Crippen LogP contribution in [0, 0.1) is 18.7 Å². The summed E-state index contributed by atoms with van der Waals surface area (Å²) in [5.41, 5.74) is 1.03. The minimum absolute atomic E-state index is 0.0539. The zero-order valence-electron chi connectivity index (χ0n) is 11.6. The summed E-state index contributed by atoms with van der Waals surface area (Å²) in [7, 11) is 1.95. The Balaban J connectivity index is 1.99. The lowest BCUT2D eigenvalue weighted by atomic mass is 9.96. The molecule has 1 heterocycles. The third-order valence-corrected chi connectivity index (χ3v) is 3.81. The summed E-state index contributed by atoms with van der Waals surface area (Å²) in [6.07, 6.45) is 2.03. The predicted octanol–water partition coefficient (Wildman–Crippen LogP) is 2.21. The van der Waals surface area contributed by atoms with Crippen molar-refractivity contribution in [3.63, 3.8) is 0 Å². The number of carbonyl (C=O) groups is 1. The van der Waals surface area contributed by atoms with Gasteiger partial charge in [0.15, 0.2) is 0 Å². The quantitative estimate of drug-likeness (QED) is 0.907. The van der Waals surface area contributed by atoms with Crippen LogP contribution in [0.3, 0.4) is 0 Å². The maximum Gasteiger partial charge on any atom is 0.253 e. The molecule has 1 N–H and O–H groups in total. The molecule has 2 rings (SSSR count). The first-order valence-corrected chi connectivity index (χ1v) is 6.82. The lowest BCUT2D eigenvalue weighted by Crippen LogP contribution is -2.40. The highest BCUT2D eigenvalue weighted by molar-refractivity contribution is 5.94. The summed E-state index contributed by atoms with van der Waals surface area (Å²) in [5, 5.41) is 3.17. The minimum atomic E-state index is -0.309. The molecular weight excluding hydrogens is 243 g/mol. The van der Waals surface area contributed by atoms with E-state index in [1.165, 1.54) is 6.07 Å². The molecule has 1 aliphatic heterocycles. The normalized spacial score (nSPS) is 16.7. The first kappa shape index (κ1) is 14.0. The van der Waals surface area contributed by atoms with Crippen LogP contribution in [-0.4, -0.2) is 37.5 Å². The van der Waals surface area contributed by atoms with Crippen molar-refractivity contribution in [3.8, 4) is 0 Å². The molecule has 1 amide bonds. The molecule has 0 unspecified atom stereocenters. The molecule has 19 heavy (non-hydrogen) atoms. The van der Waals surface area contributed by atoms with Gasteiger partial charge in [0.2, 0.25) is 0 Å². The molecule has 1 aliphatic rings. The second-order valence-corrected chi connectivity index (χ2v) is 5.26. The lowest BCUT2D eigenvalue weighted by molar-refractivity contribution is 0.0690. The van der Waals surface area contributed by atoms with Crippen molar-refractivity contribution < 1.29 is 9.18 Å². The number of halogens is 1. The van der Waals surface area contributed by atoms with E-state index in [1.54, 1.807) is 19.1 Å². The summed E-state index contributed by atoms with van der Waals surface area (Å²) in [6.45, 7) is 4.23. The molecule has 0 spiro atoms. The van der Waals surface area contributed by atoms with Crippen LogP contribution in [0.1, 0.15) is 28.8 Å². The van der Waals surface area contributed by atoms with Crippen LogP contribution < -0.4 is 5.32 Å². The fraction of sp³-hybridized carbons (Fsp3) is 0.533. The number of hydrogen-bond acceptors (Lipinski definition) is 2. The highest BCUT2D eigenvalue weighted by atomic mass is 19.1. The fourth-order valence-corrected chi connectivity index (χ4v) is 2.54. The van der Waals surface area contributed by atoms with Crippen LogP contribution >= 0.6 is 0 Å². The van der Waals surface area contributed by atoms with Gasteiger partial charge in [-0.2, -0.15) is 0 Å². The van der Waals surface area contributed by atoms with Gasteiger partial charge in [-0.05, 0) is 57.0 Å². The smallest absolute Gasteiger partial charge is 0.253 e. The standard InChI is InChI=1S/C15H21FN2O/c1-11-3-4-13(9-14(11)16)15(19)18-7-5-12(6-8-18)10-17-2/h3-4,9,12,17H,5-8,10H2,1-2H3. The number of hydrogen-bond donors (Lipinski definition) is 1. The van der Waals surface area contributed by atoms with Gasteiger partial charge >= 0.3 is 0 Å². The van der Waals surface area contributed by atoms with E-state index >= 15 is 0 Å². The Kier molecular flexibility index (Phi) is 4.53. The molecule has 0 radical (unpaired) electrons. The molecule has 4 heteroatoms. The van der Waals surface area contributed by atoms with E-state index in [1.807, 2.05) is 11.9 Å². The van der Waals surface area contributed by atoms with Crippen LogP contribution in [-0.2, 0) is 0 Å². The number of benzene rings is 1. The van der Waals surface area contributed by atoms with Crippen molar-refractivity contribution in [2.24, 2.45) is 5.92 Å². The Hall–Kier alpha value is -1.42. The largest absolute Gasteiger partial charge is 0.339 e. The van der Waals surface area contributed by atoms with Crippen LogP contribution in [0.5, 0.6) is 0 Å². The van der Waals surface area contributed by atoms with Gasteiger partial charge in [-0.3, -0.25) is 4.79 Å². The van der Waals surface area contributed by atoms with Crippen molar-refractivity contribution in [1.82, 2.24) is 10.2 Å². The van der Waals surface area contributed by atoms with Crippen LogP contribution in [0.4, 0.5) is 4.39 Å². The van der Waals surface area contributed by atoms with Crippen LogP contribution in [0.25, 0.3) is 0 Å². The second-order valence-electron chi connectivity index (χ2n) is 5.26. The molecule has 0 aromatic heterocycles. The Morgan fingerprint density at radius 1 is 1.42 bits per heavy atom. The first-order valence-electron chi connectivity index (χ1n) is 6.82. The van der Waals surface area contributed by atoms with E-state index in [0.717, 1.165) is 32.5 Å². The lowest BCUT2D eigenvalue weighted by Gasteiger charge is -2.32. The number of nitrogens with one attached hydrogen (secondary N) is 1. The maximum absolute atomic E-state index is 13.5. The van der Waals surface area contributed by atoms with Crippen molar-refractivity contribution in [3.05, 3.63) is 35.1 Å². The van der Waals surface area contributed by atoms with Crippen molar-refractivity contribution in [2.45, 2.75) is 19.8 Å². The van der Waals surface area contributed by atoms with E-state index in [0.29, 0.717) is 17.0 Å². The third kappa shape index (κ3) is 3.32. The van der Waals surface area contributed by atoms with E-state index in [2.05, 4.69) is 5.32 Å². The van der Waals surface area contributed by atoms with Crippen molar-refractivity contribution in [1.29, 1.82) is 0 Å². The molecule has 0 aliphatic carbocycles. The number of piperidine rings is 1. The second kappa shape index (κ2) is 6.15. The molecule has 1 aromatic carbocycles. The molecule has 0 atom stereocenters. The van der Waals surface area contributed by atoms with Crippen molar-refractivity contribution >= 4 is 5.91 Å². The van der Waals surface area contributed by atoms with Crippen LogP contribution in [0.2, 0.25) is 0 Å². The molecule has 104 valence electrons. The number of nitrogens with zero attached hydrogens (tertiary/aromatic N) is 1. The molecule has 1 aromatic rings. The minimum Gasteiger partial charge on any atom is -0.339 e. The van der Waals surface area contributed by atoms with Gasteiger partial charge in [-0.15, -0.1) is 0 Å². The Morgan fingerprint density at radius 2 is 2.11 bits per heavy atom. The molecule has 1 fully saturated rings. The van der Waals surface area contributed by atoms with Gasteiger partial charge in [0, 0.05) is 18.7 Å². The predicted molar refractivity (Wildman–Crippen MR) is 73.7 cm³/mol. The molecular formula is C15H21FN2O. The molecule has 3 nitrogen and oxygen atoms in total. The Morgan fingerprint density at radius 3 is 2.68 bits per heavy atom. The molecule has 0 bridgehead atoms. The highest BCUT2D eigenvalue weighted by Gasteiger charge is 2.23. The van der Waals surface area contributed by atoms with Gasteiger partial charge in [0.1, 0.15) is 5.82 Å². The number of likely N-dealkylation sites (tertiary alicyclic amines) is 1. The average Bonchev–Trinajstić information content (AvgIpc) is 2.42. The highest BCUT2D eigenvalue weighted by Crippen LogP contribution is 2.19. The zero-order chi connectivity index (χ0) is 13.8. The van der Waals surface area contributed by atoms with E-state index in [-0.39, 0.29) is 11.7 Å². The first-order chi connectivity index (χ1) is 9.11. The summed E-state index contributed by atoms with van der Waals surface area (Å²) >= 11 is 0. The summed E-state index contributed by atoms with van der Waals surface area (Å²) < 4.78 is 13.5. The van der Waals surface area contributed by atoms with E-state index in [4.69, 9.17) is 0 Å². The number of aryl methyl sites for hydroxylation is 1. The third-order valence-electron chi connectivity index (χ3n) is 3.81. The SMILES string of the molecule is CNCC1CCN(C(=O)c2ccc(C)c(F)c2)CC1. The Bertz CT molecular complexity index is 453. The molecule has 0 saturated carbocycles. The van der Waals surface area contributed by atoms with Gasteiger partial charge in [0.25, 0.3) is 5.91 Å². The number of carbonyl (C=O) groups excluding carboxylic acids is 1. The summed E-state index contributed by atoms with van der Waals surface area (Å²) in [5.74, 6) is 0.279. The zero-order valence-corrected chi connectivity index (χ0v) is 11.6. The average molecular weight is 264 g/mol. The van der Waals surface area contributed by atoms with Crippen molar-refractivity contribution in [2.75, 3.05) is 26.7 Å². The number of amides is 1. The fourth-order valence-electron chi connectivity index (χ4n) is 2.54. The topological polar surface area (TPSA) is 32.3 Å². The van der Waals surface area contributed by atoms with Crippen LogP contribution in [0.15, 0.2) is 18.2 Å². The van der Waals surface area contributed by atoms with E-state index < -0.39 is 0 Å². The molecule has 1 saturated heterocycles. The number of rotatable bonds is 3.